The van der Waals surface area contributed by atoms with E-state index in [1.54, 1.807) is 0 Å². The molecule has 10 atom stereocenters. The Balaban J connectivity index is 1.62. The zero-order valence-corrected chi connectivity index (χ0v) is 15.9. The molecule has 26 heavy (non-hydrogen) atoms. The van der Waals surface area contributed by atoms with Crippen molar-refractivity contribution in [1.29, 1.82) is 0 Å². The second-order valence-corrected chi connectivity index (χ2v) is 10.7. The van der Waals surface area contributed by atoms with Crippen molar-refractivity contribution in [2.45, 2.75) is 64.2 Å². The van der Waals surface area contributed by atoms with Gasteiger partial charge in [-0.25, -0.2) is 0 Å². The number of Topliss-reactive ketones (excluding diaryl/α,β-unsaturated/α-hetero) is 1. The number of hydrogen-bond donors (Lipinski definition) is 2. The molecule has 0 aromatic carbocycles. The lowest BCUT2D eigenvalue weighted by atomic mass is 9.43. The molecule has 2 unspecified atom stereocenters. The SMILES string of the molecule is C=C1C2C[C@@]3([C@@H]1O)[C@@H](CC2=O)[C@@]12C4[C@@H]3C[C@@H]1[C@@](C)(CC[C@@H]2O)CN4CC. The number of ketones is 1. The van der Waals surface area contributed by atoms with Crippen molar-refractivity contribution < 1.29 is 15.0 Å². The normalized spacial score (nSPS) is 62.7. The molecule has 5 aliphatic carbocycles. The van der Waals surface area contributed by atoms with Crippen LogP contribution in [-0.2, 0) is 4.79 Å². The van der Waals surface area contributed by atoms with Crippen LogP contribution >= 0.6 is 0 Å². The lowest BCUT2D eigenvalue weighted by Crippen LogP contribution is -2.68. The molecule has 142 valence electrons. The topological polar surface area (TPSA) is 60.8 Å². The Labute approximate surface area is 155 Å². The first-order valence-electron chi connectivity index (χ1n) is 10.6. The predicted octanol–water partition coefficient (Wildman–Crippen LogP) is 2.00. The van der Waals surface area contributed by atoms with Crippen molar-refractivity contribution in [3.05, 3.63) is 12.2 Å². The number of nitrogens with zero attached hydrogens (tertiary/aromatic N) is 1. The molecular weight excluding hydrogens is 326 g/mol. The molecule has 4 heteroatoms. The fourth-order valence-electron chi connectivity index (χ4n) is 9.75. The highest BCUT2D eigenvalue weighted by molar-refractivity contribution is 5.87. The van der Waals surface area contributed by atoms with Gasteiger partial charge in [-0.05, 0) is 61.0 Å². The molecule has 7 bridgehead atoms. The molecule has 1 aliphatic heterocycles. The zero-order valence-electron chi connectivity index (χ0n) is 15.9. The highest BCUT2D eigenvalue weighted by Gasteiger charge is 2.85. The highest BCUT2D eigenvalue weighted by Crippen LogP contribution is 2.83. The van der Waals surface area contributed by atoms with Gasteiger partial charge in [0.25, 0.3) is 0 Å². The Morgan fingerprint density at radius 3 is 2.81 bits per heavy atom. The smallest absolute Gasteiger partial charge is 0.140 e. The molecule has 4 nitrogen and oxygen atoms in total. The Morgan fingerprint density at radius 2 is 2.08 bits per heavy atom. The summed E-state index contributed by atoms with van der Waals surface area (Å²) < 4.78 is 0. The molecule has 6 rings (SSSR count). The lowest BCUT2D eigenvalue weighted by Gasteiger charge is -2.65. The van der Waals surface area contributed by atoms with E-state index in [1.807, 2.05) is 0 Å². The van der Waals surface area contributed by atoms with Crippen molar-refractivity contribution in [3.8, 4) is 0 Å². The van der Waals surface area contributed by atoms with Crippen molar-refractivity contribution in [2.75, 3.05) is 13.1 Å². The van der Waals surface area contributed by atoms with Crippen molar-refractivity contribution >= 4 is 5.78 Å². The average molecular weight is 357 g/mol. The molecule has 2 N–H and O–H groups in total. The number of carbonyl (C=O) groups excluding carboxylic acids is 1. The fourth-order valence-corrected chi connectivity index (χ4v) is 9.75. The average Bonchev–Trinajstić information content (AvgIpc) is 3.14. The minimum absolute atomic E-state index is 0.130. The summed E-state index contributed by atoms with van der Waals surface area (Å²) in [7, 11) is 0. The minimum atomic E-state index is -0.561. The maximum atomic E-state index is 13.0. The minimum Gasteiger partial charge on any atom is -0.392 e. The molecule has 0 amide bonds. The van der Waals surface area contributed by atoms with E-state index in [2.05, 4.69) is 25.3 Å². The van der Waals surface area contributed by atoms with E-state index in [1.165, 1.54) is 0 Å². The van der Waals surface area contributed by atoms with Gasteiger partial charge in [0, 0.05) is 35.8 Å². The van der Waals surface area contributed by atoms with Crippen LogP contribution in [0.4, 0.5) is 0 Å². The Hall–Kier alpha value is -0.710. The van der Waals surface area contributed by atoms with Gasteiger partial charge in [-0.3, -0.25) is 9.69 Å². The summed E-state index contributed by atoms with van der Waals surface area (Å²) in [5.41, 5.74) is 0.598. The number of likely N-dealkylation sites (tertiary alicyclic amines) is 1. The van der Waals surface area contributed by atoms with Crippen molar-refractivity contribution in [2.24, 2.45) is 39.9 Å². The summed E-state index contributed by atoms with van der Waals surface area (Å²) in [6, 6.07) is 0.331. The molecule has 0 aromatic rings. The lowest BCUT2D eigenvalue weighted by molar-refractivity contribution is -0.211. The van der Waals surface area contributed by atoms with Gasteiger partial charge >= 0.3 is 0 Å². The van der Waals surface area contributed by atoms with Crippen LogP contribution in [0, 0.1) is 39.9 Å². The number of carbonyl (C=O) groups is 1. The molecule has 6 fully saturated rings. The Bertz CT molecular complexity index is 735. The van der Waals surface area contributed by atoms with Crippen LogP contribution in [0.1, 0.15) is 46.0 Å². The Morgan fingerprint density at radius 1 is 1.31 bits per heavy atom. The van der Waals surface area contributed by atoms with E-state index >= 15 is 0 Å². The Kier molecular flexibility index (Phi) is 2.80. The van der Waals surface area contributed by atoms with Gasteiger partial charge < -0.3 is 10.2 Å². The van der Waals surface area contributed by atoms with Gasteiger partial charge in [-0.2, -0.15) is 0 Å². The highest BCUT2D eigenvalue weighted by atomic mass is 16.3. The van der Waals surface area contributed by atoms with E-state index in [4.69, 9.17) is 0 Å². The quantitative estimate of drug-likeness (QED) is 0.705. The molecule has 2 spiro atoms. The molecule has 5 saturated carbocycles. The predicted molar refractivity (Wildman–Crippen MR) is 97.2 cm³/mol. The third-order valence-electron chi connectivity index (χ3n) is 10.4. The monoisotopic (exact) mass is 357 g/mol. The maximum absolute atomic E-state index is 13.0. The van der Waals surface area contributed by atoms with Crippen LogP contribution < -0.4 is 0 Å². The number of rotatable bonds is 1. The second kappa shape index (κ2) is 4.47. The molecular formula is C22H31NO3. The first kappa shape index (κ1) is 16.3. The van der Waals surface area contributed by atoms with Gasteiger partial charge in [-0.15, -0.1) is 0 Å². The summed E-state index contributed by atoms with van der Waals surface area (Å²) in [5.74, 6) is 1.16. The molecule has 6 aliphatic rings. The fraction of sp³-hybridized carbons (Fsp3) is 0.864. The molecule has 1 saturated heterocycles. The number of aliphatic hydroxyl groups is 2. The van der Waals surface area contributed by atoms with E-state index < -0.39 is 6.10 Å². The first-order chi connectivity index (χ1) is 12.3. The zero-order chi connectivity index (χ0) is 18.2. The van der Waals surface area contributed by atoms with E-state index in [9.17, 15) is 15.0 Å². The van der Waals surface area contributed by atoms with Gasteiger partial charge in [0.15, 0.2) is 0 Å². The number of piperidine rings is 1. The summed E-state index contributed by atoms with van der Waals surface area (Å²) in [6.07, 6.45) is 3.50. The maximum Gasteiger partial charge on any atom is 0.140 e. The largest absolute Gasteiger partial charge is 0.392 e. The summed E-state index contributed by atoms with van der Waals surface area (Å²) in [5, 5.41) is 22.8. The second-order valence-electron chi connectivity index (χ2n) is 10.7. The van der Waals surface area contributed by atoms with E-state index in [-0.39, 0.29) is 40.0 Å². The van der Waals surface area contributed by atoms with Gasteiger partial charge in [0.2, 0.25) is 0 Å². The van der Waals surface area contributed by atoms with Gasteiger partial charge in [0.1, 0.15) is 5.78 Å². The molecule has 0 aromatic heterocycles. The first-order valence-corrected chi connectivity index (χ1v) is 10.6. The summed E-state index contributed by atoms with van der Waals surface area (Å²) >= 11 is 0. The van der Waals surface area contributed by atoms with E-state index in [0.717, 1.165) is 44.3 Å². The van der Waals surface area contributed by atoms with E-state index in [0.29, 0.717) is 24.3 Å². The number of aliphatic hydroxyl groups excluding tert-OH is 2. The van der Waals surface area contributed by atoms with Gasteiger partial charge in [0.05, 0.1) is 12.2 Å². The van der Waals surface area contributed by atoms with Crippen molar-refractivity contribution in [3.63, 3.8) is 0 Å². The van der Waals surface area contributed by atoms with Crippen LogP contribution in [0.3, 0.4) is 0 Å². The number of fused-ring (bicyclic) bond motifs is 1. The molecule has 0 radical (unpaired) electrons. The van der Waals surface area contributed by atoms with Crippen LogP contribution in [-0.4, -0.2) is 52.2 Å². The van der Waals surface area contributed by atoms with Crippen molar-refractivity contribution in [1.82, 2.24) is 4.90 Å². The third-order valence-corrected chi connectivity index (χ3v) is 10.4. The van der Waals surface area contributed by atoms with Crippen LogP contribution in [0.25, 0.3) is 0 Å². The van der Waals surface area contributed by atoms with Gasteiger partial charge in [-0.1, -0.05) is 20.4 Å². The number of hydrogen-bond acceptors (Lipinski definition) is 4. The third kappa shape index (κ3) is 1.33. The molecule has 1 heterocycles. The van der Waals surface area contributed by atoms with Crippen LogP contribution in [0.5, 0.6) is 0 Å². The van der Waals surface area contributed by atoms with Crippen LogP contribution in [0.15, 0.2) is 12.2 Å². The summed E-state index contributed by atoms with van der Waals surface area (Å²) in [4.78, 5) is 15.6. The van der Waals surface area contributed by atoms with Crippen LogP contribution in [0.2, 0.25) is 0 Å². The summed E-state index contributed by atoms with van der Waals surface area (Å²) in [6.45, 7) is 10.9. The standard InChI is InChI=1S/C22H31NO3/c1-4-23-10-20(3)6-5-17(25)22-15(20)7-13(18(22)23)21-9-12(11(2)19(21)26)14(24)8-16(21)22/h12-13,15-19,25-26H,2,4-10H2,1,3H3/t12?,13-,15+,16+,17-,18?,19+,20-,21-,22-/m0/s1.